The van der Waals surface area contributed by atoms with E-state index >= 15 is 0 Å². The fourth-order valence-corrected chi connectivity index (χ4v) is 4.16. The van der Waals surface area contributed by atoms with E-state index in [-0.39, 0.29) is 18.2 Å². The normalized spacial score (nSPS) is 21.7. The molecule has 0 aliphatic heterocycles. The molecule has 1 aliphatic rings. The lowest BCUT2D eigenvalue weighted by Gasteiger charge is -2.32. The maximum atomic E-state index is 11.9. The standard InChI is InChI=1S/C13H27NO3S/c1-3-7-12(2)10-18(16,17)14-11-13(15)8-5-4-6-9-13/h12,14-15H,3-11H2,1-2H3. The molecule has 1 aliphatic carbocycles. The van der Waals surface area contributed by atoms with Crippen LogP contribution in [-0.4, -0.2) is 31.4 Å². The molecule has 4 nitrogen and oxygen atoms in total. The molecular weight excluding hydrogens is 250 g/mol. The van der Waals surface area contributed by atoms with Gasteiger partial charge in [0.25, 0.3) is 0 Å². The molecule has 2 N–H and O–H groups in total. The van der Waals surface area contributed by atoms with Gasteiger partial charge in [-0.15, -0.1) is 0 Å². The van der Waals surface area contributed by atoms with Gasteiger partial charge in [0.15, 0.2) is 0 Å². The average Bonchev–Trinajstić information content (AvgIpc) is 2.27. The van der Waals surface area contributed by atoms with Crippen molar-refractivity contribution in [1.82, 2.24) is 4.72 Å². The van der Waals surface area contributed by atoms with E-state index in [0.29, 0.717) is 12.8 Å². The molecule has 18 heavy (non-hydrogen) atoms. The highest BCUT2D eigenvalue weighted by atomic mass is 32.2. The zero-order valence-electron chi connectivity index (χ0n) is 11.6. The zero-order chi connectivity index (χ0) is 13.6. The van der Waals surface area contributed by atoms with Crippen LogP contribution >= 0.6 is 0 Å². The van der Waals surface area contributed by atoms with E-state index in [9.17, 15) is 13.5 Å². The average molecular weight is 277 g/mol. The molecule has 1 fully saturated rings. The quantitative estimate of drug-likeness (QED) is 0.748. The first-order chi connectivity index (χ1) is 8.37. The van der Waals surface area contributed by atoms with Crippen molar-refractivity contribution in [2.24, 2.45) is 5.92 Å². The second-order valence-corrected chi connectivity index (χ2v) is 7.63. The lowest BCUT2D eigenvalue weighted by molar-refractivity contribution is 0.00944. The van der Waals surface area contributed by atoms with Gasteiger partial charge in [0.1, 0.15) is 0 Å². The van der Waals surface area contributed by atoms with Crippen molar-refractivity contribution in [2.75, 3.05) is 12.3 Å². The van der Waals surface area contributed by atoms with Crippen LogP contribution in [0.2, 0.25) is 0 Å². The maximum Gasteiger partial charge on any atom is 0.211 e. The van der Waals surface area contributed by atoms with Crippen molar-refractivity contribution in [1.29, 1.82) is 0 Å². The highest BCUT2D eigenvalue weighted by molar-refractivity contribution is 7.89. The summed E-state index contributed by atoms with van der Waals surface area (Å²) in [7, 11) is -3.25. The van der Waals surface area contributed by atoms with E-state index < -0.39 is 15.6 Å². The molecule has 0 aromatic heterocycles. The van der Waals surface area contributed by atoms with Crippen molar-refractivity contribution < 1.29 is 13.5 Å². The predicted molar refractivity (Wildman–Crippen MR) is 73.9 cm³/mol. The van der Waals surface area contributed by atoms with Gasteiger partial charge in [0.05, 0.1) is 11.4 Å². The predicted octanol–water partition coefficient (Wildman–Crippen LogP) is 2.04. The van der Waals surface area contributed by atoms with Gasteiger partial charge in [-0.1, -0.05) is 39.5 Å². The number of hydrogen-bond acceptors (Lipinski definition) is 3. The Morgan fingerprint density at radius 2 is 1.89 bits per heavy atom. The Labute approximate surface area is 111 Å². The fraction of sp³-hybridized carbons (Fsp3) is 1.00. The molecule has 0 aromatic carbocycles. The molecule has 0 heterocycles. The molecule has 1 saturated carbocycles. The molecule has 0 radical (unpaired) electrons. The third kappa shape index (κ3) is 5.67. The molecule has 1 rings (SSSR count). The van der Waals surface area contributed by atoms with Gasteiger partial charge in [0.2, 0.25) is 10.0 Å². The fourth-order valence-electron chi connectivity index (χ4n) is 2.64. The zero-order valence-corrected chi connectivity index (χ0v) is 12.4. The highest BCUT2D eigenvalue weighted by Gasteiger charge is 2.30. The smallest absolute Gasteiger partial charge is 0.211 e. The SMILES string of the molecule is CCCC(C)CS(=O)(=O)NCC1(O)CCCCC1. The van der Waals surface area contributed by atoms with Crippen molar-refractivity contribution in [3.63, 3.8) is 0 Å². The molecule has 0 saturated heterocycles. The molecule has 1 unspecified atom stereocenters. The van der Waals surface area contributed by atoms with Crippen LogP contribution in [0, 0.1) is 5.92 Å². The van der Waals surface area contributed by atoms with Crippen LogP contribution < -0.4 is 4.72 Å². The molecule has 0 amide bonds. The minimum absolute atomic E-state index is 0.164. The van der Waals surface area contributed by atoms with Crippen LogP contribution in [0.3, 0.4) is 0 Å². The number of aliphatic hydroxyl groups is 1. The minimum Gasteiger partial charge on any atom is -0.389 e. The third-order valence-electron chi connectivity index (χ3n) is 3.69. The van der Waals surface area contributed by atoms with Crippen molar-refractivity contribution in [2.45, 2.75) is 64.4 Å². The summed E-state index contributed by atoms with van der Waals surface area (Å²) in [4.78, 5) is 0. The molecule has 1 atom stereocenters. The first-order valence-corrected chi connectivity index (χ1v) is 8.72. The second-order valence-electron chi connectivity index (χ2n) is 5.78. The molecule has 0 aromatic rings. The number of nitrogens with one attached hydrogen (secondary N) is 1. The summed E-state index contributed by atoms with van der Waals surface area (Å²) < 4.78 is 26.3. The Hall–Kier alpha value is -0.130. The summed E-state index contributed by atoms with van der Waals surface area (Å²) >= 11 is 0. The van der Waals surface area contributed by atoms with E-state index in [2.05, 4.69) is 11.6 Å². The first kappa shape index (κ1) is 15.9. The van der Waals surface area contributed by atoms with Crippen LogP contribution in [0.15, 0.2) is 0 Å². The van der Waals surface area contributed by atoms with Crippen LogP contribution in [0.25, 0.3) is 0 Å². The first-order valence-electron chi connectivity index (χ1n) is 7.06. The van der Waals surface area contributed by atoms with Gasteiger partial charge >= 0.3 is 0 Å². The van der Waals surface area contributed by atoms with E-state index in [1.807, 2.05) is 6.92 Å². The number of rotatable bonds is 7. The topological polar surface area (TPSA) is 66.4 Å². The van der Waals surface area contributed by atoms with E-state index in [1.165, 1.54) is 0 Å². The van der Waals surface area contributed by atoms with Crippen LogP contribution in [0.4, 0.5) is 0 Å². The minimum atomic E-state index is -3.25. The van der Waals surface area contributed by atoms with Gasteiger partial charge < -0.3 is 5.11 Å². The van der Waals surface area contributed by atoms with Crippen LogP contribution in [0.5, 0.6) is 0 Å². The summed E-state index contributed by atoms with van der Waals surface area (Å²) in [6.45, 7) is 4.19. The molecular formula is C13H27NO3S. The summed E-state index contributed by atoms with van der Waals surface area (Å²) in [5.41, 5.74) is -0.820. The van der Waals surface area contributed by atoms with Gasteiger partial charge in [-0.05, 0) is 25.2 Å². The number of hydrogen-bond donors (Lipinski definition) is 2. The summed E-state index contributed by atoms with van der Waals surface area (Å²) in [5.74, 6) is 0.338. The number of sulfonamides is 1. The van der Waals surface area contributed by atoms with E-state index in [0.717, 1.165) is 32.1 Å². The third-order valence-corrected chi connectivity index (χ3v) is 5.28. The second kappa shape index (κ2) is 6.87. The largest absolute Gasteiger partial charge is 0.389 e. The summed E-state index contributed by atoms with van der Waals surface area (Å²) in [5, 5.41) is 10.2. The highest BCUT2D eigenvalue weighted by Crippen LogP contribution is 2.27. The van der Waals surface area contributed by atoms with Crippen molar-refractivity contribution >= 4 is 10.0 Å². The summed E-state index contributed by atoms with van der Waals surface area (Å²) in [6, 6.07) is 0. The van der Waals surface area contributed by atoms with Crippen LogP contribution in [0.1, 0.15) is 58.8 Å². The Kier molecular flexibility index (Phi) is 6.08. The van der Waals surface area contributed by atoms with Crippen molar-refractivity contribution in [3.05, 3.63) is 0 Å². The van der Waals surface area contributed by atoms with Gasteiger partial charge in [-0.25, -0.2) is 13.1 Å². The van der Waals surface area contributed by atoms with Crippen molar-refractivity contribution in [3.8, 4) is 0 Å². The molecule has 108 valence electrons. The Bertz CT molecular complexity index is 334. The molecule has 0 spiro atoms. The maximum absolute atomic E-state index is 11.9. The lowest BCUT2D eigenvalue weighted by Crippen LogP contribution is -2.45. The lowest BCUT2D eigenvalue weighted by atomic mass is 9.85. The Morgan fingerprint density at radius 1 is 1.28 bits per heavy atom. The van der Waals surface area contributed by atoms with Gasteiger partial charge in [0, 0.05) is 6.54 Å². The Balaban J connectivity index is 2.40. The van der Waals surface area contributed by atoms with Gasteiger partial charge in [-0.3, -0.25) is 0 Å². The molecule has 0 bridgehead atoms. The van der Waals surface area contributed by atoms with E-state index in [1.54, 1.807) is 0 Å². The summed E-state index contributed by atoms with van der Waals surface area (Å²) in [6.07, 6.45) is 6.46. The monoisotopic (exact) mass is 277 g/mol. The molecule has 5 heteroatoms. The van der Waals surface area contributed by atoms with Gasteiger partial charge in [-0.2, -0.15) is 0 Å². The van der Waals surface area contributed by atoms with Crippen LogP contribution in [-0.2, 0) is 10.0 Å². The Morgan fingerprint density at radius 3 is 2.44 bits per heavy atom. The van der Waals surface area contributed by atoms with E-state index in [4.69, 9.17) is 0 Å².